The third kappa shape index (κ3) is 6.28. The number of benzene rings is 4. The first kappa shape index (κ1) is 35.5. The minimum Gasteiger partial charge on any atom is -0.481 e. The molecule has 0 bridgehead atoms. The number of carbonyl (C=O) groups is 2. The second-order valence-electron chi connectivity index (χ2n) is 15.2. The molecule has 52 heavy (non-hydrogen) atoms. The molecule has 3 aliphatic rings. The van der Waals surface area contributed by atoms with Gasteiger partial charge in [0.15, 0.2) is 12.3 Å². The van der Waals surface area contributed by atoms with Gasteiger partial charge >= 0.3 is 11.9 Å². The molecule has 2 heterocycles. The highest BCUT2D eigenvalue weighted by atomic mass is 35.5. The Kier molecular flexibility index (Phi) is 9.47. The van der Waals surface area contributed by atoms with E-state index in [9.17, 15) is 19.8 Å². The molecule has 6 nitrogen and oxygen atoms in total. The molecule has 7 heteroatoms. The van der Waals surface area contributed by atoms with E-state index in [1.165, 1.54) is 32.7 Å². The van der Waals surface area contributed by atoms with E-state index in [2.05, 4.69) is 128 Å². The molecule has 4 aromatic rings. The summed E-state index contributed by atoms with van der Waals surface area (Å²) in [5.41, 5.74) is 8.33. The van der Waals surface area contributed by atoms with Gasteiger partial charge in [0.2, 0.25) is 5.69 Å². The first-order valence-electron chi connectivity index (χ1n) is 18.3. The van der Waals surface area contributed by atoms with Gasteiger partial charge in [-0.2, -0.15) is 4.58 Å². The van der Waals surface area contributed by atoms with Crippen LogP contribution >= 0.6 is 11.6 Å². The van der Waals surface area contributed by atoms with Crippen LogP contribution in [0.3, 0.4) is 0 Å². The maximum absolute atomic E-state index is 11.7. The van der Waals surface area contributed by atoms with E-state index in [0.29, 0.717) is 19.5 Å². The lowest BCUT2D eigenvalue weighted by atomic mass is 9.78. The summed E-state index contributed by atoms with van der Waals surface area (Å²) in [7, 11) is 0. The number of allylic oxidation sites excluding steroid dienone is 8. The lowest BCUT2D eigenvalue weighted by Gasteiger charge is -2.27. The quantitative estimate of drug-likeness (QED) is 0.160. The second-order valence-corrected chi connectivity index (χ2v) is 15.6. The van der Waals surface area contributed by atoms with Crippen molar-refractivity contribution in [2.24, 2.45) is 0 Å². The SMILES string of the molecule is CC1(C)C(/C=C/C2=C(Cl)C(=C/C=C3/N(CCCC(=O)O)c4ccc5ccccc5c4C3(C)C)/CCC2)=[N+](CCC(=O)O)c2ccc3ccccc3c21. The molecule has 0 atom stereocenters. The highest BCUT2D eigenvalue weighted by molar-refractivity contribution is 6.32. The Bertz CT molecular complexity index is 2290. The first-order valence-corrected chi connectivity index (χ1v) is 18.7. The van der Waals surface area contributed by atoms with Crippen molar-refractivity contribution in [2.45, 2.75) is 77.0 Å². The molecule has 0 saturated carbocycles. The van der Waals surface area contributed by atoms with Crippen molar-refractivity contribution in [3.05, 3.63) is 130 Å². The number of nitrogens with zero attached hydrogens (tertiary/aromatic N) is 2. The molecule has 4 aromatic carbocycles. The van der Waals surface area contributed by atoms with E-state index in [4.69, 9.17) is 11.6 Å². The van der Waals surface area contributed by atoms with Gasteiger partial charge in [0.25, 0.3) is 0 Å². The van der Waals surface area contributed by atoms with Gasteiger partial charge < -0.3 is 15.1 Å². The zero-order valence-corrected chi connectivity index (χ0v) is 31.1. The predicted molar refractivity (Wildman–Crippen MR) is 212 cm³/mol. The summed E-state index contributed by atoms with van der Waals surface area (Å²) < 4.78 is 2.17. The van der Waals surface area contributed by atoms with E-state index in [1.807, 2.05) is 6.07 Å². The average molecular weight is 714 g/mol. The lowest BCUT2D eigenvalue weighted by molar-refractivity contribution is -0.436. The molecule has 0 amide bonds. The van der Waals surface area contributed by atoms with Crippen LogP contribution in [0.15, 0.2) is 119 Å². The van der Waals surface area contributed by atoms with E-state index in [-0.39, 0.29) is 23.7 Å². The van der Waals surface area contributed by atoms with Crippen LogP contribution in [0.25, 0.3) is 21.5 Å². The molecule has 266 valence electrons. The fraction of sp³-hybridized carbons (Fsp3) is 0.311. The van der Waals surface area contributed by atoms with Gasteiger partial charge in [-0.15, -0.1) is 0 Å². The summed E-state index contributed by atoms with van der Waals surface area (Å²) in [6, 6.07) is 25.4. The van der Waals surface area contributed by atoms with Crippen molar-refractivity contribution in [1.82, 2.24) is 0 Å². The first-order chi connectivity index (χ1) is 24.9. The molecule has 1 aliphatic carbocycles. The van der Waals surface area contributed by atoms with Gasteiger partial charge in [0.1, 0.15) is 6.42 Å². The monoisotopic (exact) mass is 713 g/mol. The Balaban J connectivity index is 1.26. The normalized spacial score (nSPS) is 19.4. The summed E-state index contributed by atoms with van der Waals surface area (Å²) in [5, 5.41) is 24.6. The van der Waals surface area contributed by atoms with Gasteiger partial charge in [-0.25, -0.2) is 0 Å². The summed E-state index contributed by atoms with van der Waals surface area (Å²) in [4.78, 5) is 25.5. The van der Waals surface area contributed by atoms with Crippen molar-refractivity contribution < 1.29 is 24.4 Å². The molecular weight excluding hydrogens is 668 g/mol. The molecule has 2 N–H and O–H groups in total. The van der Waals surface area contributed by atoms with E-state index < -0.39 is 11.9 Å². The maximum atomic E-state index is 11.7. The van der Waals surface area contributed by atoms with Crippen LogP contribution in [-0.4, -0.2) is 45.5 Å². The predicted octanol–water partition coefficient (Wildman–Crippen LogP) is 10.5. The number of hydrogen-bond donors (Lipinski definition) is 2. The van der Waals surface area contributed by atoms with Crippen LogP contribution in [0, 0.1) is 0 Å². The van der Waals surface area contributed by atoms with Crippen LogP contribution in [0.4, 0.5) is 11.4 Å². The minimum absolute atomic E-state index is 0.0357. The van der Waals surface area contributed by atoms with E-state index in [0.717, 1.165) is 58.2 Å². The van der Waals surface area contributed by atoms with Gasteiger partial charge in [0, 0.05) is 52.5 Å². The van der Waals surface area contributed by atoms with Crippen molar-refractivity contribution in [2.75, 3.05) is 18.0 Å². The topological polar surface area (TPSA) is 80.9 Å². The lowest BCUT2D eigenvalue weighted by Crippen LogP contribution is -2.28. The smallest absolute Gasteiger partial charge is 0.309 e. The minimum atomic E-state index is -0.820. The third-order valence-corrected chi connectivity index (χ3v) is 11.7. The van der Waals surface area contributed by atoms with E-state index in [1.54, 1.807) is 0 Å². The Morgan fingerprint density at radius 1 is 0.788 bits per heavy atom. The third-order valence-electron chi connectivity index (χ3n) is 11.2. The Morgan fingerprint density at radius 2 is 1.44 bits per heavy atom. The Hall–Kier alpha value is -4.94. The number of fused-ring (bicyclic) bond motifs is 6. The molecule has 0 spiro atoms. The molecule has 0 fully saturated rings. The van der Waals surface area contributed by atoms with Crippen LogP contribution in [0.2, 0.25) is 0 Å². The molecule has 2 aliphatic heterocycles. The van der Waals surface area contributed by atoms with Crippen molar-refractivity contribution in [3.63, 3.8) is 0 Å². The summed E-state index contributed by atoms with van der Waals surface area (Å²) >= 11 is 7.24. The fourth-order valence-corrected chi connectivity index (χ4v) is 9.03. The number of anilines is 1. The number of carboxylic acids is 2. The highest BCUT2D eigenvalue weighted by Gasteiger charge is 2.46. The highest BCUT2D eigenvalue weighted by Crippen LogP contribution is 2.51. The zero-order valence-electron chi connectivity index (χ0n) is 30.4. The Labute approximate surface area is 310 Å². The van der Waals surface area contributed by atoms with Gasteiger partial charge in [-0.1, -0.05) is 92.2 Å². The summed E-state index contributed by atoms with van der Waals surface area (Å²) in [6.07, 6.45) is 12.0. The van der Waals surface area contributed by atoms with Gasteiger partial charge in [0.05, 0.1) is 5.41 Å². The van der Waals surface area contributed by atoms with Gasteiger partial charge in [-0.3, -0.25) is 9.59 Å². The van der Waals surface area contributed by atoms with Crippen molar-refractivity contribution in [1.29, 1.82) is 0 Å². The molecule has 0 unspecified atom stereocenters. The average Bonchev–Trinajstić information content (AvgIpc) is 3.47. The second kappa shape index (κ2) is 13.9. The molecule has 0 aromatic heterocycles. The van der Waals surface area contributed by atoms with Crippen molar-refractivity contribution in [3.8, 4) is 0 Å². The number of carboxylic acid groups (broad SMARTS) is 2. The zero-order chi connectivity index (χ0) is 36.8. The number of aliphatic carboxylic acids is 2. The summed E-state index contributed by atoms with van der Waals surface area (Å²) in [6.45, 7) is 9.94. The Morgan fingerprint density at radius 3 is 2.13 bits per heavy atom. The van der Waals surface area contributed by atoms with Gasteiger partial charge in [-0.05, 0) is 96.0 Å². The maximum Gasteiger partial charge on any atom is 0.309 e. The standard InChI is InChI=1S/C45H45ClN2O4/c1-44(2)37(47(27-10-17-39(49)50)35-22-18-29-11-5-7-15-33(29)41(35)44)24-20-31-13-9-14-32(43(31)46)21-25-38-45(3,4)42-34-16-8-6-12-30(34)19-23-36(42)48(38)28-26-40(51)52/h5-8,11-12,15-16,18-25H,9-10,13-14,17,26-28H2,1-4H3,(H-,49,50,51,52)/p+1. The molecular formula is C45H46ClN2O4+. The number of rotatable bonds is 10. The molecule has 0 saturated heterocycles. The summed E-state index contributed by atoms with van der Waals surface area (Å²) in [5.74, 6) is -1.61. The van der Waals surface area contributed by atoms with Crippen molar-refractivity contribution >= 4 is 62.2 Å². The largest absolute Gasteiger partial charge is 0.481 e. The molecule has 7 rings (SSSR count). The number of hydrogen-bond acceptors (Lipinski definition) is 3. The van der Waals surface area contributed by atoms with E-state index >= 15 is 0 Å². The molecule has 0 radical (unpaired) electrons. The fourth-order valence-electron chi connectivity index (χ4n) is 8.72. The van der Waals surface area contributed by atoms with Crippen LogP contribution in [-0.2, 0) is 20.4 Å². The van der Waals surface area contributed by atoms with Crippen LogP contribution in [0.5, 0.6) is 0 Å². The van der Waals surface area contributed by atoms with Crippen LogP contribution < -0.4 is 4.90 Å². The number of halogens is 1. The van der Waals surface area contributed by atoms with Crippen LogP contribution in [0.1, 0.15) is 77.3 Å².